The molecule has 1 atom stereocenters. The van der Waals surface area contributed by atoms with Gasteiger partial charge >= 0.3 is 5.97 Å². The molecule has 1 aromatic carbocycles. The van der Waals surface area contributed by atoms with Gasteiger partial charge in [0.15, 0.2) is 5.69 Å². The van der Waals surface area contributed by atoms with Gasteiger partial charge in [-0.05, 0) is 24.6 Å². The molecule has 2 N–H and O–H groups in total. The lowest BCUT2D eigenvalue weighted by molar-refractivity contribution is -0.139. The van der Waals surface area contributed by atoms with Crippen molar-refractivity contribution in [3.63, 3.8) is 0 Å². The van der Waals surface area contributed by atoms with E-state index >= 15 is 0 Å². The summed E-state index contributed by atoms with van der Waals surface area (Å²) in [5.74, 6) is -1.71. The molecule has 0 saturated carbocycles. The number of nitrogens with zero attached hydrogens (tertiary/aromatic N) is 3. The minimum absolute atomic E-state index is 0.107. The molecular formula is C17H21ClN4O4. The van der Waals surface area contributed by atoms with Crippen molar-refractivity contribution >= 4 is 23.5 Å². The number of ether oxygens (including phenoxy) is 1. The van der Waals surface area contributed by atoms with Crippen LogP contribution >= 0.6 is 11.6 Å². The highest BCUT2D eigenvalue weighted by Gasteiger charge is 2.25. The van der Waals surface area contributed by atoms with Crippen molar-refractivity contribution in [1.29, 1.82) is 0 Å². The highest BCUT2D eigenvalue weighted by atomic mass is 35.5. The Hall–Kier alpha value is -2.45. The van der Waals surface area contributed by atoms with Crippen LogP contribution in [0.1, 0.15) is 35.9 Å². The lowest BCUT2D eigenvalue weighted by atomic mass is 10.1. The second-order valence-corrected chi connectivity index (χ2v) is 6.11. The van der Waals surface area contributed by atoms with Crippen molar-refractivity contribution in [1.82, 2.24) is 20.3 Å². The van der Waals surface area contributed by atoms with Gasteiger partial charge in [-0.15, -0.1) is 5.10 Å². The van der Waals surface area contributed by atoms with E-state index in [1.165, 1.54) is 7.11 Å². The third-order valence-electron chi connectivity index (χ3n) is 3.73. The molecule has 1 heterocycles. The Bertz CT molecular complexity index is 778. The quantitative estimate of drug-likeness (QED) is 0.690. The predicted molar refractivity (Wildman–Crippen MR) is 95.7 cm³/mol. The van der Waals surface area contributed by atoms with Gasteiger partial charge in [-0.1, -0.05) is 36.2 Å². The monoisotopic (exact) mass is 380 g/mol. The van der Waals surface area contributed by atoms with E-state index in [2.05, 4.69) is 15.6 Å². The van der Waals surface area contributed by atoms with E-state index in [1.54, 1.807) is 28.9 Å². The molecule has 0 radical (unpaired) electrons. The van der Waals surface area contributed by atoms with Crippen molar-refractivity contribution in [3.05, 3.63) is 40.7 Å². The van der Waals surface area contributed by atoms with Gasteiger partial charge in [-0.3, -0.25) is 4.79 Å². The number of aromatic nitrogens is 3. The fourth-order valence-electron chi connectivity index (χ4n) is 2.47. The lowest BCUT2D eigenvalue weighted by Crippen LogP contribution is -2.42. The molecule has 1 aromatic heterocycles. The van der Waals surface area contributed by atoms with Crippen molar-refractivity contribution in [3.8, 4) is 5.69 Å². The Balaban J connectivity index is 2.31. The number of carbonyl (C=O) groups excluding carboxylic acids is 1. The number of nitrogens with one attached hydrogen (secondary N) is 1. The molecule has 8 nitrogen and oxygen atoms in total. The summed E-state index contributed by atoms with van der Waals surface area (Å²) >= 11 is 6.03. The fraction of sp³-hybridized carbons (Fsp3) is 0.412. The first-order valence-electron chi connectivity index (χ1n) is 8.21. The Kier molecular flexibility index (Phi) is 7.11. The topological polar surface area (TPSA) is 106 Å². The molecule has 0 aliphatic carbocycles. The van der Waals surface area contributed by atoms with Crippen molar-refractivity contribution in [2.75, 3.05) is 13.7 Å². The number of benzene rings is 1. The molecular weight excluding hydrogens is 360 g/mol. The lowest BCUT2D eigenvalue weighted by Gasteiger charge is -2.14. The van der Waals surface area contributed by atoms with Gasteiger partial charge in [0.1, 0.15) is 6.04 Å². The van der Waals surface area contributed by atoms with Crippen molar-refractivity contribution in [2.24, 2.45) is 0 Å². The highest BCUT2D eigenvalue weighted by molar-refractivity contribution is 6.30. The first-order chi connectivity index (χ1) is 12.5. The predicted octanol–water partition coefficient (Wildman–Crippen LogP) is 2.09. The van der Waals surface area contributed by atoms with E-state index in [0.717, 1.165) is 6.42 Å². The normalized spacial score (nSPS) is 12.0. The number of carbonyl (C=O) groups is 2. The maximum atomic E-state index is 12.6. The molecule has 0 aliphatic rings. The van der Waals surface area contributed by atoms with Crippen LogP contribution < -0.4 is 5.32 Å². The number of carboxylic acids is 1. The minimum atomic E-state index is -1.13. The molecule has 0 saturated heterocycles. The number of carboxylic acid groups (broad SMARTS) is 1. The Morgan fingerprint density at radius 1 is 1.42 bits per heavy atom. The SMILES string of the molecule is CCCc1c(C(=O)NC(CCOC)C(=O)O)nnn1-c1cccc(Cl)c1. The first kappa shape index (κ1) is 19.9. The molecule has 26 heavy (non-hydrogen) atoms. The van der Waals surface area contributed by atoms with E-state index in [1.807, 2.05) is 6.92 Å². The van der Waals surface area contributed by atoms with Crippen LogP contribution in [-0.4, -0.2) is 51.7 Å². The molecule has 0 spiro atoms. The van der Waals surface area contributed by atoms with Gasteiger partial charge in [-0.25, -0.2) is 9.48 Å². The van der Waals surface area contributed by atoms with Crippen LogP contribution in [0.15, 0.2) is 24.3 Å². The molecule has 140 valence electrons. The van der Waals surface area contributed by atoms with Gasteiger partial charge in [0.05, 0.1) is 11.4 Å². The maximum Gasteiger partial charge on any atom is 0.326 e. The van der Waals surface area contributed by atoms with Crippen LogP contribution in [0.25, 0.3) is 5.69 Å². The average molecular weight is 381 g/mol. The zero-order valence-corrected chi connectivity index (χ0v) is 15.4. The standard InChI is InChI=1S/C17H21ClN4O4/c1-3-5-14-15(16(23)19-13(17(24)25)8-9-26-2)20-21-22(14)12-7-4-6-11(18)10-12/h4,6-7,10,13H,3,5,8-9H2,1-2H3,(H,19,23)(H,24,25). The fourth-order valence-corrected chi connectivity index (χ4v) is 2.66. The molecule has 0 aliphatic heterocycles. The Morgan fingerprint density at radius 2 is 2.19 bits per heavy atom. The average Bonchev–Trinajstić information content (AvgIpc) is 3.02. The highest BCUT2D eigenvalue weighted by Crippen LogP contribution is 2.18. The molecule has 9 heteroatoms. The van der Waals surface area contributed by atoms with E-state index in [0.29, 0.717) is 22.8 Å². The van der Waals surface area contributed by atoms with Crippen LogP contribution in [0, 0.1) is 0 Å². The Labute approximate surface area is 156 Å². The summed E-state index contributed by atoms with van der Waals surface area (Å²) in [4.78, 5) is 23.9. The second-order valence-electron chi connectivity index (χ2n) is 5.67. The summed E-state index contributed by atoms with van der Waals surface area (Å²) in [6.07, 6.45) is 1.47. The third-order valence-corrected chi connectivity index (χ3v) is 3.97. The third kappa shape index (κ3) is 4.80. The van der Waals surface area contributed by atoms with E-state index in [-0.39, 0.29) is 18.7 Å². The van der Waals surface area contributed by atoms with Gasteiger partial charge in [0.25, 0.3) is 5.91 Å². The first-order valence-corrected chi connectivity index (χ1v) is 8.58. The summed E-state index contributed by atoms with van der Waals surface area (Å²) in [6, 6.07) is 5.98. The smallest absolute Gasteiger partial charge is 0.326 e. The molecule has 2 rings (SSSR count). The number of halogens is 1. The van der Waals surface area contributed by atoms with Crippen LogP contribution in [0.3, 0.4) is 0 Å². The molecule has 1 unspecified atom stereocenters. The van der Waals surface area contributed by atoms with Crippen LogP contribution in [-0.2, 0) is 16.0 Å². The molecule has 2 aromatic rings. The Morgan fingerprint density at radius 3 is 2.81 bits per heavy atom. The zero-order valence-electron chi connectivity index (χ0n) is 14.6. The largest absolute Gasteiger partial charge is 0.480 e. The zero-order chi connectivity index (χ0) is 19.1. The summed E-state index contributed by atoms with van der Waals surface area (Å²) < 4.78 is 6.44. The molecule has 0 bridgehead atoms. The van der Waals surface area contributed by atoms with Gasteiger partial charge in [0, 0.05) is 25.2 Å². The second kappa shape index (κ2) is 9.30. The number of amides is 1. The number of aliphatic carboxylic acids is 1. The van der Waals surface area contributed by atoms with E-state index in [4.69, 9.17) is 16.3 Å². The van der Waals surface area contributed by atoms with Gasteiger partial charge < -0.3 is 15.2 Å². The van der Waals surface area contributed by atoms with E-state index < -0.39 is 17.9 Å². The van der Waals surface area contributed by atoms with Gasteiger partial charge in [0.2, 0.25) is 0 Å². The van der Waals surface area contributed by atoms with Crippen molar-refractivity contribution < 1.29 is 19.4 Å². The number of hydrogen-bond acceptors (Lipinski definition) is 5. The van der Waals surface area contributed by atoms with Gasteiger partial charge in [-0.2, -0.15) is 0 Å². The molecule has 1 amide bonds. The summed E-state index contributed by atoms with van der Waals surface area (Å²) in [7, 11) is 1.47. The van der Waals surface area contributed by atoms with Crippen LogP contribution in [0.5, 0.6) is 0 Å². The number of methoxy groups -OCH3 is 1. The van der Waals surface area contributed by atoms with Crippen LogP contribution in [0.4, 0.5) is 0 Å². The maximum absolute atomic E-state index is 12.6. The number of hydrogen-bond donors (Lipinski definition) is 2. The summed E-state index contributed by atoms with van der Waals surface area (Å²) in [5.41, 5.74) is 1.39. The van der Waals surface area contributed by atoms with Crippen molar-refractivity contribution in [2.45, 2.75) is 32.2 Å². The summed E-state index contributed by atoms with van der Waals surface area (Å²) in [5, 5.41) is 20.3. The minimum Gasteiger partial charge on any atom is -0.480 e. The van der Waals surface area contributed by atoms with E-state index in [9.17, 15) is 14.7 Å². The van der Waals surface area contributed by atoms with Crippen LogP contribution in [0.2, 0.25) is 5.02 Å². The number of rotatable bonds is 9. The summed E-state index contributed by atoms with van der Waals surface area (Å²) in [6.45, 7) is 2.18. The molecule has 0 fully saturated rings.